The highest BCUT2D eigenvalue weighted by Gasteiger charge is 2.27. The van der Waals surface area contributed by atoms with E-state index in [4.69, 9.17) is 4.52 Å². The molecule has 0 bridgehead atoms. The summed E-state index contributed by atoms with van der Waals surface area (Å²) in [6, 6.07) is 9.60. The van der Waals surface area contributed by atoms with Gasteiger partial charge in [0.1, 0.15) is 17.7 Å². The maximum Gasteiger partial charge on any atom is 0.255 e. The van der Waals surface area contributed by atoms with E-state index in [1.165, 1.54) is 6.26 Å². The van der Waals surface area contributed by atoms with Crippen LogP contribution < -0.4 is 0 Å². The van der Waals surface area contributed by atoms with Gasteiger partial charge in [-0.3, -0.25) is 9.89 Å². The van der Waals surface area contributed by atoms with E-state index >= 15 is 0 Å². The molecule has 1 amide bonds. The molecule has 5 heterocycles. The van der Waals surface area contributed by atoms with Gasteiger partial charge >= 0.3 is 0 Å². The molecule has 1 aliphatic rings. The minimum Gasteiger partial charge on any atom is -0.364 e. The van der Waals surface area contributed by atoms with Gasteiger partial charge in [-0.25, -0.2) is 0 Å². The summed E-state index contributed by atoms with van der Waals surface area (Å²) in [5, 5.41) is 11.4. The summed E-state index contributed by atoms with van der Waals surface area (Å²) < 4.78 is 6.88. The number of carbonyl (C=O) groups excluding carboxylic acids is 1. The molecule has 0 spiro atoms. The highest BCUT2D eigenvalue weighted by Crippen LogP contribution is 2.28. The number of nitrogens with zero attached hydrogens (tertiary/aromatic N) is 4. The number of nitrogens with one attached hydrogen (secondary N) is 1. The molecule has 1 aliphatic heterocycles. The molecule has 4 aromatic rings. The predicted molar refractivity (Wildman–Crippen MR) is 89.9 cm³/mol. The van der Waals surface area contributed by atoms with Gasteiger partial charge in [-0.05, 0) is 18.2 Å². The molecule has 0 atom stereocenters. The van der Waals surface area contributed by atoms with Crippen molar-refractivity contribution in [3.8, 4) is 11.4 Å². The van der Waals surface area contributed by atoms with E-state index in [9.17, 15) is 4.79 Å². The average molecular weight is 333 g/mol. The van der Waals surface area contributed by atoms with E-state index in [-0.39, 0.29) is 5.91 Å². The zero-order valence-corrected chi connectivity index (χ0v) is 13.3. The Kier molecular flexibility index (Phi) is 3.00. The lowest BCUT2D eigenvalue weighted by Gasteiger charge is -2.26. The topological polar surface area (TPSA) is 79.4 Å². The highest BCUT2D eigenvalue weighted by molar-refractivity contribution is 5.95. The Hall–Kier alpha value is -3.35. The molecule has 1 N–H and O–H groups in total. The van der Waals surface area contributed by atoms with Crippen LogP contribution in [0.4, 0.5) is 0 Å². The first kappa shape index (κ1) is 14.0. The number of H-pyrrole nitrogens is 1. The van der Waals surface area contributed by atoms with Gasteiger partial charge in [0, 0.05) is 48.2 Å². The van der Waals surface area contributed by atoms with Gasteiger partial charge in [-0.2, -0.15) is 5.10 Å². The fraction of sp³-hybridized carbons (Fsp3) is 0.167. The molecule has 25 heavy (non-hydrogen) atoms. The van der Waals surface area contributed by atoms with E-state index in [2.05, 4.69) is 15.4 Å². The van der Waals surface area contributed by atoms with Crippen molar-refractivity contribution in [3.63, 3.8) is 0 Å². The maximum absolute atomic E-state index is 12.9. The summed E-state index contributed by atoms with van der Waals surface area (Å²) in [5.41, 5.74) is 5.21. The third-order valence-electron chi connectivity index (χ3n) is 4.65. The van der Waals surface area contributed by atoms with Crippen LogP contribution in [0.25, 0.3) is 16.9 Å². The highest BCUT2D eigenvalue weighted by atomic mass is 16.5. The van der Waals surface area contributed by atoms with Crippen LogP contribution in [0.15, 0.2) is 53.5 Å². The predicted octanol–water partition coefficient (Wildman–Crippen LogP) is 2.52. The fourth-order valence-corrected chi connectivity index (χ4v) is 3.37. The Morgan fingerprint density at radius 1 is 1.28 bits per heavy atom. The molecular weight excluding hydrogens is 318 g/mol. The molecule has 5 rings (SSSR count). The van der Waals surface area contributed by atoms with Crippen molar-refractivity contribution < 1.29 is 9.32 Å². The monoisotopic (exact) mass is 333 g/mol. The molecule has 0 unspecified atom stereocenters. The summed E-state index contributed by atoms with van der Waals surface area (Å²) >= 11 is 0. The van der Waals surface area contributed by atoms with Gasteiger partial charge in [-0.1, -0.05) is 11.2 Å². The minimum absolute atomic E-state index is 0.0293. The summed E-state index contributed by atoms with van der Waals surface area (Å²) in [6.45, 7) is 1.18. The molecule has 0 aromatic carbocycles. The van der Waals surface area contributed by atoms with Gasteiger partial charge in [0.15, 0.2) is 0 Å². The quantitative estimate of drug-likeness (QED) is 0.611. The number of fused-ring (bicyclic) bond motifs is 2. The molecule has 0 saturated carbocycles. The first-order chi connectivity index (χ1) is 12.3. The largest absolute Gasteiger partial charge is 0.364 e. The number of rotatable bonds is 2. The van der Waals surface area contributed by atoms with E-state index in [1.807, 2.05) is 46.0 Å². The number of carbonyl (C=O) groups is 1. The summed E-state index contributed by atoms with van der Waals surface area (Å²) in [6.07, 6.45) is 6.09. The smallest absolute Gasteiger partial charge is 0.255 e. The lowest BCUT2D eigenvalue weighted by Crippen LogP contribution is -2.35. The van der Waals surface area contributed by atoms with Crippen molar-refractivity contribution in [2.45, 2.75) is 13.0 Å². The molecule has 7 nitrogen and oxygen atoms in total. The number of aromatic nitrogens is 4. The van der Waals surface area contributed by atoms with Crippen LogP contribution in [0.5, 0.6) is 0 Å². The zero-order chi connectivity index (χ0) is 16.8. The first-order valence-corrected chi connectivity index (χ1v) is 8.12. The molecule has 0 radical (unpaired) electrons. The Labute approximate surface area is 142 Å². The molecule has 0 fully saturated rings. The van der Waals surface area contributed by atoms with E-state index in [0.29, 0.717) is 24.3 Å². The van der Waals surface area contributed by atoms with Crippen LogP contribution in [-0.2, 0) is 13.0 Å². The zero-order valence-electron chi connectivity index (χ0n) is 13.3. The summed E-state index contributed by atoms with van der Waals surface area (Å²) in [7, 11) is 0. The van der Waals surface area contributed by atoms with Crippen LogP contribution >= 0.6 is 0 Å². The number of hydrogen-bond donors (Lipinski definition) is 1. The second-order valence-corrected chi connectivity index (χ2v) is 6.15. The van der Waals surface area contributed by atoms with Crippen molar-refractivity contribution in [3.05, 3.63) is 65.8 Å². The van der Waals surface area contributed by atoms with Crippen molar-refractivity contribution in [1.82, 2.24) is 24.7 Å². The molecule has 7 heteroatoms. The van der Waals surface area contributed by atoms with E-state index in [1.54, 1.807) is 6.07 Å². The van der Waals surface area contributed by atoms with E-state index in [0.717, 1.165) is 28.9 Å². The standard InChI is InChI=1S/C18H15N5O2/c24-18(12-9-13-3-1-2-6-22(13)10-12)23-7-4-15-14(11-23)17(20-19-15)16-5-8-25-21-16/h1-3,5-6,8-10H,4,7,11H2,(H,19,20). The van der Waals surface area contributed by atoms with Crippen LogP contribution in [0.3, 0.4) is 0 Å². The lowest BCUT2D eigenvalue weighted by molar-refractivity contribution is 0.0735. The average Bonchev–Trinajstić information content (AvgIpc) is 3.37. The molecule has 4 aromatic heterocycles. The Morgan fingerprint density at radius 2 is 2.24 bits per heavy atom. The Balaban J connectivity index is 1.47. The van der Waals surface area contributed by atoms with Gasteiger partial charge in [0.05, 0.1) is 12.1 Å². The fourth-order valence-electron chi connectivity index (χ4n) is 3.37. The number of aromatic amines is 1. The number of hydrogen-bond acceptors (Lipinski definition) is 4. The van der Waals surface area contributed by atoms with Crippen molar-refractivity contribution >= 4 is 11.4 Å². The number of pyridine rings is 1. The SMILES string of the molecule is O=C(c1cc2ccccn2c1)N1CCc2[nH]nc(-c3ccon3)c2C1. The van der Waals surface area contributed by atoms with Gasteiger partial charge in [0.2, 0.25) is 0 Å². The van der Waals surface area contributed by atoms with Crippen molar-refractivity contribution in [2.24, 2.45) is 0 Å². The molecule has 124 valence electrons. The molecule has 0 aliphatic carbocycles. The van der Waals surface area contributed by atoms with Crippen LogP contribution in [-0.4, -0.2) is 37.1 Å². The van der Waals surface area contributed by atoms with Gasteiger partial charge < -0.3 is 13.8 Å². The van der Waals surface area contributed by atoms with Crippen LogP contribution in [0.1, 0.15) is 21.6 Å². The Morgan fingerprint density at radius 3 is 3.08 bits per heavy atom. The Bertz CT molecular complexity index is 1030. The van der Waals surface area contributed by atoms with Gasteiger partial charge in [0.25, 0.3) is 5.91 Å². The second kappa shape index (κ2) is 5.34. The van der Waals surface area contributed by atoms with E-state index < -0.39 is 0 Å². The lowest BCUT2D eigenvalue weighted by atomic mass is 10.0. The normalized spacial score (nSPS) is 14.0. The summed E-state index contributed by atoms with van der Waals surface area (Å²) in [5.74, 6) is 0.0293. The first-order valence-electron chi connectivity index (χ1n) is 8.12. The molecular formula is C18H15N5O2. The third-order valence-corrected chi connectivity index (χ3v) is 4.65. The van der Waals surface area contributed by atoms with Crippen molar-refractivity contribution in [2.75, 3.05) is 6.54 Å². The summed E-state index contributed by atoms with van der Waals surface area (Å²) in [4.78, 5) is 14.8. The number of amides is 1. The van der Waals surface area contributed by atoms with Crippen LogP contribution in [0, 0.1) is 0 Å². The van der Waals surface area contributed by atoms with Gasteiger partial charge in [-0.15, -0.1) is 0 Å². The van der Waals surface area contributed by atoms with Crippen LogP contribution in [0.2, 0.25) is 0 Å². The molecule has 0 saturated heterocycles. The van der Waals surface area contributed by atoms with Crippen molar-refractivity contribution in [1.29, 1.82) is 0 Å². The third kappa shape index (κ3) is 2.24. The second-order valence-electron chi connectivity index (χ2n) is 6.15. The maximum atomic E-state index is 12.9. The minimum atomic E-state index is 0.0293.